The van der Waals surface area contributed by atoms with Crippen molar-refractivity contribution in [1.29, 1.82) is 0 Å². The lowest BCUT2D eigenvalue weighted by atomic mass is 10.5. The first-order valence-electron chi connectivity index (χ1n) is 2.80. The number of rotatable bonds is 6. The predicted molar refractivity (Wildman–Crippen MR) is 31.3 cm³/mol. The summed E-state index contributed by atoms with van der Waals surface area (Å²) in [5, 5.41) is 8.02. The summed E-state index contributed by atoms with van der Waals surface area (Å²) in [5.74, 6) is 0. The lowest BCUT2D eigenvalue weighted by Gasteiger charge is -1.97. The topological polar surface area (TPSA) is 58.6 Å². The molecule has 0 aromatic carbocycles. The van der Waals surface area contributed by atoms with E-state index in [4.69, 9.17) is 9.94 Å². The van der Waals surface area contributed by atoms with Crippen LogP contribution in [0.15, 0.2) is 0 Å². The molecule has 0 saturated heterocycles. The van der Waals surface area contributed by atoms with E-state index in [-0.39, 0.29) is 0 Å². The van der Waals surface area contributed by atoms with Gasteiger partial charge in [0.15, 0.2) is 0 Å². The number of carbonyl (C=O) groups excluding carboxylic acids is 1. The number of nitrogens with one attached hydrogen (secondary N) is 1. The summed E-state index contributed by atoms with van der Waals surface area (Å²) in [5.41, 5.74) is 1.93. The van der Waals surface area contributed by atoms with Gasteiger partial charge in [0, 0.05) is 13.0 Å². The lowest BCUT2D eigenvalue weighted by molar-refractivity contribution is -0.108. The summed E-state index contributed by atoms with van der Waals surface area (Å²) >= 11 is 0. The Morgan fingerprint density at radius 1 is 1.56 bits per heavy atom. The van der Waals surface area contributed by atoms with Crippen molar-refractivity contribution in [3.8, 4) is 0 Å². The van der Waals surface area contributed by atoms with E-state index >= 15 is 0 Å². The number of carbonyl (C=O) groups is 1. The summed E-state index contributed by atoms with van der Waals surface area (Å²) in [6, 6.07) is 0. The van der Waals surface area contributed by atoms with E-state index in [0.29, 0.717) is 26.2 Å². The molecule has 0 heterocycles. The molecule has 0 atom stereocenters. The van der Waals surface area contributed by atoms with Gasteiger partial charge in [-0.05, 0) is 0 Å². The minimum atomic E-state index is 0.402. The van der Waals surface area contributed by atoms with Crippen molar-refractivity contribution in [2.75, 3.05) is 19.8 Å². The van der Waals surface area contributed by atoms with Crippen LogP contribution in [-0.2, 0) is 9.53 Å². The van der Waals surface area contributed by atoms with Gasteiger partial charge in [0.2, 0.25) is 0 Å². The van der Waals surface area contributed by atoms with Crippen LogP contribution in [0.2, 0.25) is 0 Å². The number of aldehydes is 1. The number of hydroxylamine groups is 1. The van der Waals surface area contributed by atoms with E-state index in [9.17, 15) is 4.79 Å². The third-order valence-electron chi connectivity index (χ3n) is 0.738. The van der Waals surface area contributed by atoms with E-state index in [0.717, 1.165) is 6.29 Å². The maximum absolute atomic E-state index is 9.69. The average Bonchev–Trinajstić information content (AvgIpc) is 1.89. The van der Waals surface area contributed by atoms with E-state index in [1.807, 2.05) is 5.48 Å². The van der Waals surface area contributed by atoms with Crippen LogP contribution in [0.1, 0.15) is 6.42 Å². The molecule has 0 aliphatic heterocycles. The molecule has 0 bridgehead atoms. The third kappa shape index (κ3) is 7.55. The highest BCUT2D eigenvalue weighted by Crippen LogP contribution is 1.75. The monoisotopic (exact) mass is 133 g/mol. The first kappa shape index (κ1) is 8.55. The van der Waals surface area contributed by atoms with Crippen molar-refractivity contribution in [2.45, 2.75) is 6.42 Å². The van der Waals surface area contributed by atoms with Crippen LogP contribution in [0.3, 0.4) is 0 Å². The van der Waals surface area contributed by atoms with Gasteiger partial charge in [-0.15, -0.1) is 0 Å². The van der Waals surface area contributed by atoms with Gasteiger partial charge in [-0.2, -0.15) is 0 Å². The maximum atomic E-state index is 9.69. The van der Waals surface area contributed by atoms with Crippen molar-refractivity contribution >= 4 is 6.29 Å². The molecule has 0 aromatic heterocycles. The van der Waals surface area contributed by atoms with Crippen LogP contribution in [0.25, 0.3) is 0 Å². The Hall–Kier alpha value is -0.450. The Bertz CT molecular complexity index is 67.2. The zero-order valence-corrected chi connectivity index (χ0v) is 5.17. The van der Waals surface area contributed by atoms with Crippen LogP contribution in [0, 0.1) is 0 Å². The van der Waals surface area contributed by atoms with E-state index in [1.165, 1.54) is 0 Å². The molecule has 0 aromatic rings. The molecule has 0 rings (SSSR count). The summed E-state index contributed by atoms with van der Waals surface area (Å²) in [6.45, 7) is 1.27. The summed E-state index contributed by atoms with van der Waals surface area (Å²) < 4.78 is 4.86. The quantitative estimate of drug-likeness (QED) is 0.293. The maximum Gasteiger partial charge on any atom is 0.122 e. The number of hydrogen-bond donors (Lipinski definition) is 2. The zero-order chi connectivity index (χ0) is 6.95. The van der Waals surface area contributed by atoms with E-state index in [1.54, 1.807) is 0 Å². The molecule has 4 nitrogen and oxygen atoms in total. The fourth-order valence-corrected chi connectivity index (χ4v) is 0.351. The normalized spacial score (nSPS) is 9.44. The van der Waals surface area contributed by atoms with Crippen molar-refractivity contribution < 1.29 is 14.7 Å². The van der Waals surface area contributed by atoms with Crippen LogP contribution in [-0.4, -0.2) is 31.3 Å². The minimum Gasteiger partial charge on any atom is -0.380 e. The second-order valence-electron chi connectivity index (χ2n) is 1.48. The zero-order valence-electron chi connectivity index (χ0n) is 5.17. The van der Waals surface area contributed by atoms with Crippen molar-refractivity contribution in [1.82, 2.24) is 5.48 Å². The van der Waals surface area contributed by atoms with Crippen molar-refractivity contribution in [3.05, 3.63) is 0 Å². The minimum absolute atomic E-state index is 0.402. The highest BCUT2D eigenvalue weighted by Gasteiger charge is 1.84. The molecule has 2 N–H and O–H groups in total. The van der Waals surface area contributed by atoms with Gasteiger partial charge in [0.05, 0.1) is 13.2 Å². The Kier molecular flexibility index (Phi) is 7.17. The molecule has 4 heteroatoms. The van der Waals surface area contributed by atoms with Crippen LogP contribution in [0.5, 0.6) is 0 Å². The smallest absolute Gasteiger partial charge is 0.122 e. The first-order chi connectivity index (χ1) is 4.41. The largest absolute Gasteiger partial charge is 0.380 e. The predicted octanol–water partition coefficient (Wildman–Crippen LogP) is -0.429. The second kappa shape index (κ2) is 7.55. The second-order valence-corrected chi connectivity index (χ2v) is 1.48. The molecule has 54 valence electrons. The lowest BCUT2D eigenvalue weighted by Crippen LogP contribution is -2.15. The molecule has 0 aliphatic carbocycles. The van der Waals surface area contributed by atoms with Crippen molar-refractivity contribution in [3.63, 3.8) is 0 Å². The number of ether oxygens (including phenoxy) is 1. The van der Waals surface area contributed by atoms with Gasteiger partial charge in [-0.25, -0.2) is 5.48 Å². The Morgan fingerprint density at radius 2 is 2.33 bits per heavy atom. The SMILES string of the molecule is O=CCCOCCNO. The van der Waals surface area contributed by atoms with Gasteiger partial charge in [-0.3, -0.25) is 0 Å². The molecule has 0 spiro atoms. The van der Waals surface area contributed by atoms with Gasteiger partial charge in [-0.1, -0.05) is 0 Å². The standard InChI is InChI=1S/C5H11NO3/c7-3-1-4-9-5-2-6-8/h3,6,8H,1-2,4-5H2. The van der Waals surface area contributed by atoms with Crippen LogP contribution < -0.4 is 5.48 Å². The molecule has 0 saturated carbocycles. The Morgan fingerprint density at radius 3 is 2.89 bits per heavy atom. The average molecular weight is 133 g/mol. The molecular formula is C5H11NO3. The van der Waals surface area contributed by atoms with Gasteiger partial charge in [0.25, 0.3) is 0 Å². The Labute approximate surface area is 53.8 Å². The summed E-state index contributed by atoms with van der Waals surface area (Å²) in [6.07, 6.45) is 1.22. The van der Waals surface area contributed by atoms with Gasteiger partial charge >= 0.3 is 0 Å². The van der Waals surface area contributed by atoms with Crippen LogP contribution >= 0.6 is 0 Å². The molecule has 0 unspecified atom stereocenters. The van der Waals surface area contributed by atoms with Gasteiger partial charge in [0.1, 0.15) is 6.29 Å². The fourth-order valence-electron chi connectivity index (χ4n) is 0.351. The summed E-state index contributed by atoms with van der Waals surface area (Å²) in [7, 11) is 0. The molecule has 9 heavy (non-hydrogen) atoms. The first-order valence-corrected chi connectivity index (χ1v) is 2.80. The molecule has 0 fully saturated rings. The summed E-state index contributed by atoms with van der Waals surface area (Å²) in [4.78, 5) is 9.69. The molecule has 0 radical (unpaired) electrons. The van der Waals surface area contributed by atoms with E-state index < -0.39 is 0 Å². The molecule has 0 aliphatic rings. The highest BCUT2D eigenvalue weighted by molar-refractivity contribution is 5.49. The fraction of sp³-hybridized carbons (Fsp3) is 0.800. The van der Waals surface area contributed by atoms with Crippen LogP contribution in [0.4, 0.5) is 0 Å². The van der Waals surface area contributed by atoms with E-state index in [2.05, 4.69) is 0 Å². The van der Waals surface area contributed by atoms with Gasteiger partial charge < -0.3 is 14.7 Å². The molecular weight excluding hydrogens is 122 g/mol. The highest BCUT2D eigenvalue weighted by atomic mass is 16.5. The molecule has 0 amide bonds. The third-order valence-corrected chi connectivity index (χ3v) is 0.738. The van der Waals surface area contributed by atoms with Crippen molar-refractivity contribution in [2.24, 2.45) is 0 Å². The number of hydrogen-bond acceptors (Lipinski definition) is 4. The Balaban J connectivity index is 2.66.